The molecule has 0 bridgehead atoms. The van der Waals surface area contributed by atoms with Gasteiger partial charge < -0.3 is 5.32 Å². The molecule has 0 aliphatic heterocycles. The third-order valence-corrected chi connectivity index (χ3v) is 4.48. The zero-order chi connectivity index (χ0) is 19.8. The zero-order valence-corrected chi connectivity index (χ0v) is 15.9. The van der Waals surface area contributed by atoms with E-state index in [1.54, 1.807) is 48.5 Å². The summed E-state index contributed by atoms with van der Waals surface area (Å²) in [7, 11) is 0. The number of hydrazine groups is 1. The Bertz CT molecular complexity index is 794. The van der Waals surface area contributed by atoms with E-state index >= 15 is 0 Å². The number of nitrogens with one attached hydrogen (secondary N) is 3. The fraction of sp³-hybridized carbons (Fsp3) is 0.250. The molecule has 0 aliphatic rings. The van der Waals surface area contributed by atoms with Crippen LogP contribution in [0.5, 0.6) is 0 Å². The zero-order valence-electron chi connectivity index (χ0n) is 15.2. The Morgan fingerprint density at radius 2 is 1.48 bits per heavy atom. The molecule has 3 amide bonds. The molecule has 2 aromatic carbocycles. The van der Waals surface area contributed by atoms with Gasteiger partial charge in [0.1, 0.15) is 6.04 Å². The molecule has 2 atom stereocenters. The lowest BCUT2D eigenvalue weighted by Crippen LogP contribution is -2.54. The van der Waals surface area contributed by atoms with Crippen LogP contribution in [0.1, 0.15) is 41.0 Å². The Morgan fingerprint density at radius 1 is 0.889 bits per heavy atom. The van der Waals surface area contributed by atoms with E-state index in [1.807, 2.05) is 19.9 Å². The SMILES string of the molecule is CC[C@H](C)[C@H](NC(=O)c1ccccc1)C(=O)NNC(=O)c1ccc(Cl)cc1. The van der Waals surface area contributed by atoms with Crippen molar-refractivity contribution in [2.75, 3.05) is 0 Å². The minimum absolute atomic E-state index is 0.120. The lowest BCUT2D eigenvalue weighted by atomic mass is 9.98. The smallest absolute Gasteiger partial charge is 0.269 e. The van der Waals surface area contributed by atoms with Gasteiger partial charge in [0.05, 0.1) is 0 Å². The standard InChI is InChI=1S/C20H22ClN3O3/c1-3-13(2)17(22-18(25)14-7-5-4-6-8-14)20(27)24-23-19(26)15-9-11-16(21)12-10-15/h4-13,17H,3H2,1-2H3,(H,22,25)(H,23,26)(H,24,27)/t13-,17-/m0/s1. The second-order valence-corrected chi connectivity index (χ2v) is 6.59. The van der Waals surface area contributed by atoms with Crippen LogP contribution in [0.4, 0.5) is 0 Å². The predicted octanol–water partition coefficient (Wildman–Crippen LogP) is 2.95. The molecule has 0 spiro atoms. The normalized spacial score (nSPS) is 12.6. The van der Waals surface area contributed by atoms with Crippen molar-refractivity contribution in [2.24, 2.45) is 5.92 Å². The molecule has 0 unspecified atom stereocenters. The van der Waals surface area contributed by atoms with Crippen molar-refractivity contribution in [3.8, 4) is 0 Å². The Kier molecular flexibility index (Phi) is 7.37. The molecule has 0 heterocycles. The molecule has 6 nitrogen and oxygen atoms in total. The van der Waals surface area contributed by atoms with E-state index in [1.165, 1.54) is 0 Å². The average molecular weight is 388 g/mol. The summed E-state index contributed by atoms with van der Waals surface area (Å²) in [5.74, 6) is -1.43. The fourth-order valence-electron chi connectivity index (χ4n) is 2.39. The van der Waals surface area contributed by atoms with Gasteiger partial charge >= 0.3 is 0 Å². The third kappa shape index (κ3) is 5.82. The quantitative estimate of drug-likeness (QED) is 0.666. The van der Waals surface area contributed by atoms with E-state index in [0.717, 1.165) is 0 Å². The summed E-state index contributed by atoms with van der Waals surface area (Å²) in [5.41, 5.74) is 5.56. The Morgan fingerprint density at radius 3 is 2.07 bits per heavy atom. The first kappa shape index (κ1) is 20.5. The van der Waals surface area contributed by atoms with E-state index in [-0.39, 0.29) is 11.8 Å². The highest BCUT2D eigenvalue weighted by Gasteiger charge is 2.26. The molecule has 2 aromatic rings. The molecule has 3 N–H and O–H groups in total. The summed E-state index contributed by atoms with van der Waals surface area (Å²) in [6.45, 7) is 3.78. The first-order valence-corrected chi connectivity index (χ1v) is 9.01. The van der Waals surface area contributed by atoms with Crippen molar-refractivity contribution >= 4 is 29.3 Å². The summed E-state index contributed by atoms with van der Waals surface area (Å²) >= 11 is 5.79. The second-order valence-electron chi connectivity index (χ2n) is 6.15. The number of carbonyl (C=O) groups is 3. The van der Waals surface area contributed by atoms with E-state index in [4.69, 9.17) is 11.6 Å². The second kappa shape index (κ2) is 9.73. The van der Waals surface area contributed by atoms with Crippen molar-refractivity contribution in [3.63, 3.8) is 0 Å². The number of halogens is 1. The monoisotopic (exact) mass is 387 g/mol. The van der Waals surface area contributed by atoms with Crippen LogP contribution in [-0.4, -0.2) is 23.8 Å². The van der Waals surface area contributed by atoms with Crippen LogP contribution in [0.2, 0.25) is 5.02 Å². The first-order valence-electron chi connectivity index (χ1n) is 8.64. The lowest BCUT2D eigenvalue weighted by molar-refractivity contribution is -0.124. The van der Waals surface area contributed by atoms with Crippen LogP contribution >= 0.6 is 11.6 Å². The van der Waals surface area contributed by atoms with Gasteiger partial charge in [-0.3, -0.25) is 25.2 Å². The minimum atomic E-state index is -0.784. The van der Waals surface area contributed by atoms with Gasteiger partial charge in [-0.1, -0.05) is 50.1 Å². The number of rotatable bonds is 6. The van der Waals surface area contributed by atoms with E-state index in [9.17, 15) is 14.4 Å². The number of hydrogen-bond donors (Lipinski definition) is 3. The van der Waals surface area contributed by atoms with Crippen LogP contribution in [0.15, 0.2) is 54.6 Å². The van der Waals surface area contributed by atoms with Gasteiger partial charge in [-0.15, -0.1) is 0 Å². The minimum Gasteiger partial charge on any atom is -0.340 e. The highest BCUT2D eigenvalue weighted by Crippen LogP contribution is 2.11. The van der Waals surface area contributed by atoms with Crippen LogP contribution in [0.3, 0.4) is 0 Å². The average Bonchev–Trinajstić information content (AvgIpc) is 2.70. The molecular weight excluding hydrogens is 366 g/mol. The first-order chi connectivity index (χ1) is 12.9. The molecule has 27 heavy (non-hydrogen) atoms. The van der Waals surface area contributed by atoms with E-state index in [0.29, 0.717) is 22.6 Å². The number of amides is 3. The van der Waals surface area contributed by atoms with Gasteiger partial charge in [-0.05, 0) is 42.3 Å². The molecule has 0 aliphatic carbocycles. The maximum atomic E-state index is 12.5. The van der Waals surface area contributed by atoms with Crippen molar-refractivity contribution in [2.45, 2.75) is 26.3 Å². The molecule has 0 fully saturated rings. The topological polar surface area (TPSA) is 87.3 Å². The summed E-state index contributed by atoms with van der Waals surface area (Å²) in [6.07, 6.45) is 0.679. The number of hydrogen-bond acceptors (Lipinski definition) is 3. The van der Waals surface area contributed by atoms with Gasteiger partial charge in [0.15, 0.2) is 0 Å². The van der Waals surface area contributed by atoms with Crippen molar-refractivity contribution < 1.29 is 14.4 Å². The Balaban J connectivity index is 2.00. The maximum Gasteiger partial charge on any atom is 0.269 e. The molecule has 142 valence electrons. The third-order valence-electron chi connectivity index (χ3n) is 4.22. The molecule has 2 rings (SSSR count). The van der Waals surface area contributed by atoms with E-state index < -0.39 is 17.9 Å². The van der Waals surface area contributed by atoms with Crippen LogP contribution in [-0.2, 0) is 4.79 Å². The molecule has 7 heteroatoms. The summed E-state index contributed by atoms with van der Waals surface area (Å²) in [4.78, 5) is 37.0. The van der Waals surface area contributed by atoms with Crippen LogP contribution < -0.4 is 16.2 Å². The Labute approximate surface area is 163 Å². The highest BCUT2D eigenvalue weighted by molar-refractivity contribution is 6.30. The number of benzene rings is 2. The molecule has 0 saturated carbocycles. The summed E-state index contributed by atoms with van der Waals surface area (Å²) in [5, 5.41) is 3.25. The van der Waals surface area contributed by atoms with Crippen LogP contribution in [0.25, 0.3) is 0 Å². The van der Waals surface area contributed by atoms with Gasteiger partial charge in [-0.2, -0.15) is 0 Å². The molecule has 0 radical (unpaired) electrons. The van der Waals surface area contributed by atoms with Gasteiger partial charge in [0.2, 0.25) is 0 Å². The molecule has 0 aromatic heterocycles. The fourth-order valence-corrected chi connectivity index (χ4v) is 2.51. The van der Waals surface area contributed by atoms with Gasteiger partial charge in [0, 0.05) is 16.1 Å². The van der Waals surface area contributed by atoms with Gasteiger partial charge in [0.25, 0.3) is 17.7 Å². The van der Waals surface area contributed by atoms with Crippen molar-refractivity contribution in [1.82, 2.24) is 16.2 Å². The summed E-state index contributed by atoms with van der Waals surface area (Å²) in [6, 6.07) is 14.1. The molecular formula is C20H22ClN3O3. The van der Waals surface area contributed by atoms with E-state index in [2.05, 4.69) is 16.2 Å². The number of carbonyl (C=O) groups excluding carboxylic acids is 3. The van der Waals surface area contributed by atoms with Crippen LogP contribution in [0, 0.1) is 5.92 Å². The largest absolute Gasteiger partial charge is 0.340 e. The van der Waals surface area contributed by atoms with Crippen molar-refractivity contribution in [1.29, 1.82) is 0 Å². The predicted molar refractivity (Wildman–Crippen MR) is 104 cm³/mol. The Hall–Kier alpha value is -2.86. The molecule has 0 saturated heterocycles. The summed E-state index contributed by atoms with van der Waals surface area (Å²) < 4.78 is 0. The maximum absolute atomic E-state index is 12.5. The van der Waals surface area contributed by atoms with Crippen molar-refractivity contribution in [3.05, 3.63) is 70.7 Å². The lowest BCUT2D eigenvalue weighted by Gasteiger charge is -2.23. The highest BCUT2D eigenvalue weighted by atomic mass is 35.5. The van der Waals surface area contributed by atoms with Gasteiger partial charge in [-0.25, -0.2) is 0 Å².